The third kappa shape index (κ3) is 3.98. The summed E-state index contributed by atoms with van der Waals surface area (Å²) >= 11 is 6.29. The third-order valence-corrected chi connectivity index (χ3v) is 5.53. The van der Waals surface area contributed by atoms with Gasteiger partial charge in [0.25, 0.3) is 0 Å². The third-order valence-electron chi connectivity index (χ3n) is 3.19. The normalized spacial score (nSPS) is 11.8. The van der Waals surface area contributed by atoms with Gasteiger partial charge in [0.05, 0.1) is 42.9 Å². The molecule has 0 aliphatic rings. The Balaban J connectivity index is 2.55. The van der Waals surface area contributed by atoms with E-state index in [1.54, 1.807) is 32.9 Å². The number of fused-ring (bicyclic) bond motifs is 1. The van der Waals surface area contributed by atoms with E-state index in [1.165, 1.54) is 10.6 Å². The molecule has 0 aliphatic carbocycles. The second kappa shape index (κ2) is 8.12. The van der Waals surface area contributed by atoms with Crippen LogP contribution in [0.15, 0.2) is 18.3 Å². The highest BCUT2D eigenvalue weighted by molar-refractivity contribution is 7.53. The summed E-state index contributed by atoms with van der Waals surface area (Å²) in [4.78, 5) is 16.3. The molecular formula is C15H20ClN2O5P. The lowest BCUT2D eigenvalue weighted by Crippen LogP contribution is -2.12. The molecule has 0 atom stereocenters. The molecule has 0 spiro atoms. The summed E-state index contributed by atoms with van der Waals surface area (Å²) in [5.74, 6) is -0.531. The number of nitrogens with zero attached hydrogens (tertiary/aromatic N) is 2. The van der Waals surface area contributed by atoms with E-state index in [1.807, 2.05) is 0 Å². The quantitative estimate of drug-likeness (QED) is 0.514. The number of imidazole rings is 1. The minimum absolute atomic E-state index is 0.0758. The zero-order valence-corrected chi connectivity index (χ0v) is 15.5. The number of hydrogen-bond donors (Lipinski definition) is 0. The lowest BCUT2D eigenvalue weighted by molar-refractivity contribution is 0.0517. The van der Waals surface area contributed by atoms with E-state index in [0.717, 1.165) is 0 Å². The summed E-state index contributed by atoms with van der Waals surface area (Å²) in [5.41, 5.74) is 1.14. The molecule has 0 aromatic carbocycles. The Bertz CT molecular complexity index is 767. The average Bonchev–Trinajstić information content (AvgIpc) is 2.95. The fraction of sp³-hybridized carbons (Fsp3) is 0.467. The molecule has 2 aromatic heterocycles. The van der Waals surface area contributed by atoms with Crippen molar-refractivity contribution in [2.24, 2.45) is 0 Å². The van der Waals surface area contributed by atoms with Crippen LogP contribution in [0.1, 0.15) is 37.0 Å². The monoisotopic (exact) mass is 374 g/mol. The molecule has 0 N–H and O–H groups in total. The summed E-state index contributed by atoms with van der Waals surface area (Å²) < 4.78 is 30.1. The maximum Gasteiger partial charge on any atom is 0.356 e. The number of rotatable bonds is 8. The highest BCUT2D eigenvalue weighted by Crippen LogP contribution is 2.52. The van der Waals surface area contributed by atoms with Crippen molar-refractivity contribution in [1.82, 2.24) is 9.38 Å². The summed E-state index contributed by atoms with van der Waals surface area (Å²) in [6, 6.07) is 3.30. The molecule has 7 nitrogen and oxygen atoms in total. The average molecular weight is 375 g/mol. The van der Waals surface area contributed by atoms with Gasteiger partial charge < -0.3 is 13.8 Å². The summed E-state index contributed by atoms with van der Waals surface area (Å²) in [5, 5.41) is 0.339. The molecular weight excluding hydrogens is 355 g/mol. The summed E-state index contributed by atoms with van der Waals surface area (Å²) in [6.07, 6.45) is 1.33. The summed E-state index contributed by atoms with van der Waals surface area (Å²) in [7, 11) is -3.40. The van der Waals surface area contributed by atoms with E-state index in [0.29, 0.717) is 16.4 Å². The number of esters is 1. The fourth-order valence-electron chi connectivity index (χ4n) is 2.32. The zero-order chi connectivity index (χ0) is 17.7. The van der Waals surface area contributed by atoms with Gasteiger partial charge in [0.15, 0.2) is 5.69 Å². The van der Waals surface area contributed by atoms with Crippen molar-refractivity contribution in [2.45, 2.75) is 26.9 Å². The van der Waals surface area contributed by atoms with Gasteiger partial charge in [0.1, 0.15) is 5.65 Å². The number of hydrogen-bond acceptors (Lipinski definition) is 6. The fourth-order valence-corrected chi connectivity index (χ4v) is 4.35. The van der Waals surface area contributed by atoms with Crippen LogP contribution in [0.3, 0.4) is 0 Å². The van der Waals surface area contributed by atoms with Crippen molar-refractivity contribution in [3.63, 3.8) is 0 Å². The van der Waals surface area contributed by atoms with E-state index < -0.39 is 13.6 Å². The molecule has 2 aromatic rings. The first-order chi connectivity index (χ1) is 11.5. The SMILES string of the molecule is CCOC(=O)c1cnc2ccc(Cl)c(CP(=O)(OCC)OCC)n12. The molecule has 0 bridgehead atoms. The molecule has 0 radical (unpaired) electrons. The smallest absolute Gasteiger partial charge is 0.356 e. The van der Waals surface area contributed by atoms with Gasteiger partial charge in [0.2, 0.25) is 0 Å². The molecule has 2 heterocycles. The Morgan fingerprint density at radius 3 is 2.46 bits per heavy atom. The minimum atomic E-state index is -3.40. The van der Waals surface area contributed by atoms with Gasteiger partial charge in [-0.15, -0.1) is 0 Å². The van der Waals surface area contributed by atoms with Gasteiger partial charge in [-0.3, -0.25) is 8.97 Å². The lowest BCUT2D eigenvalue weighted by Gasteiger charge is -2.19. The molecule has 0 saturated heterocycles. The van der Waals surface area contributed by atoms with Crippen LogP contribution in [0, 0.1) is 0 Å². The Kier molecular flexibility index (Phi) is 6.40. The highest BCUT2D eigenvalue weighted by Gasteiger charge is 2.28. The predicted octanol–water partition coefficient (Wildman–Crippen LogP) is 3.93. The van der Waals surface area contributed by atoms with Gasteiger partial charge in [-0.05, 0) is 32.9 Å². The topological polar surface area (TPSA) is 79.1 Å². The molecule has 0 unspecified atom stereocenters. The van der Waals surface area contributed by atoms with Crippen LogP contribution in [-0.4, -0.2) is 35.2 Å². The minimum Gasteiger partial charge on any atom is -0.461 e. The lowest BCUT2D eigenvalue weighted by atomic mass is 10.3. The maximum absolute atomic E-state index is 12.9. The number of pyridine rings is 1. The van der Waals surface area contributed by atoms with E-state index in [2.05, 4.69) is 4.98 Å². The van der Waals surface area contributed by atoms with Gasteiger partial charge in [0, 0.05) is 0 Å². The van der Waals surface area contributed by atoms with Crippen LogP contribution >= 0.6 is 19.2 Å². The first-order valence-electron chi connectivity index (χ1n) is 7.65. The standard InChI is InChI=1S/C15H20ClN2O5P/c1-4-21-15(19)12-9-17-14-8-7-11(16)13(18(12)14)10-24(20,22-5-2)23-6-3/h7-9H,4-6,10H2,1-3H3. The van der Waals surface area contributed by atoms with Crippen LogP contribution < -0.4 is 0 Å². The molecule has 24 heavy (non-hydrogen) atoms. The molecule has 0 fully saturated rings. The van der Waals surface area contributed by atoms with Gasteiger partial charge in [-0.2, -0.15) is 0 Å². The Labute approximate surface area is 145 Å². The van der Waals surface area contributed by atoms with Crippen molar-refractivity contribution in [1.29, 1.82) is 0 Å². The van der Waals surface area contributed by atoms with Gasteiger partial charge >= 0.3 is 13.6 Å². The van der Waals surface area contributed by atoms with Crippen molar-refractivity contribution >= 4 is 30.8 Å². The van der Waals surface area contributed by atoms with Crippen LogP contribution in [-0.2, 0) is 24.5 Å². The first kappa shape index (κ1) is 18.9. The van der Waals surface area contributed by atoms with E-state index in [9.17, 15) is 9.36 Å². The molecule has 0 aliphatic heterocycles. The van der Waals surface area contributed by atoms with E-state index in [4.69, 9.17) is 25.4 Å². The number of aromatic nitrogens is 2. The van der Waals surface area contributed by atoms with Crippen molar-refractivity contribution in [3.8, 4) is 0 Å². The van der Waals surface area contributed by atoms with Crippen molar-refractivity contribution in [3.05, 3.63) is 34.7 Å². The summed E-state index contributed by atoms with van der Waals surface area (Å²) in [6.45, 7) is 5.88. The van der Waals surface area contributed by atoms with Crippen LogP contribution in [0.2, 0.25) is 5.02 Å². The van der Waals surface area contributed by atoms with Crippen LogP contribution in [0.25, 0.3) is 5.65 Å². The maximum atomic E-state index is 12.9. The van der Waals surface area contributed by atoms with Gasteiger partial charge in [-0.1, -0.05) is 11.6 Å². The van der Waals surface area contributed by atoms with Crippen LogP contribution in [0.4, 0.5) is 0 Å². The molecule has 2 rings (SSSR count). The van der Waals surface area contributed by atoms with Crippen molar-refractivity contribution < 1.29 is 23.1 Å². The largest absolute Gasteiger partial charge is 0.461 e. The Morgan fingerprint density at radius 2 is 1.88 bits per heavy atom. The number of carbonyl (C=O) groups is 1. The van der Waals surface area contributed by atoms with Crippen LogP contribution in [0.5, 0.6) is 0 Å². The molecule has 132 valence electrons. The number of ether oxygens (including phenoxy) is 1. The highest BCUT2D eigenvalue weighted by atomic mass is 35.5. The molecule has 0 saturated carbocycles. The zero-order valence-electron chi connectivity index (χ0n) is 13.8. The Hall–Kier alpha value is -1.40. The van der Waals surface area contributed by atoms with Gasteiger partial charge in [-0.25, -0.2) is 9.78 Å². The number of carbonyl (C=O) groups excluding carboxylic acids is 1. The molecule has 0 amide bonds. The molecule has 9 heteroatoms. The number of halogens is 1. The Morgan fingerprint density at radius 1 is 1.21 bits per heavy atom. The van der Waals surface area contributed by atoms with Crippen molar-refractivity contribution in [2.75, 3.05) is 19.8 Å². The predicted molar refractivity (Wildman–Crippen MR) is 90.7 cm³/mol. The van der Waals surface area contributed by atoms with E-state index >= 15 is 0 Å². The second-order valence-electron chi connectivity index (χ2n) is 4.79. The first-order valence-corrected chi connectivity index (χ1v) is 9.76. The second-order valence-corrected chi connectivity index (χ2v) is 7.25. The van der Waals surface area contributed by atoms with E-state index in [-0.39, 0.29) is 31.7 Å².